The quantitative estimate of drug-likeness (QED) is 0.196. The van der Waals surface area contributed by atoms with Gasteiger partial charge >= 0.3 is 0 Å². The SMILES string of the molecule is COCOCCCCCCCCCCCCCCCC=O. The second kappa shape index (κ2) is 19.6. The molecule has 0 aliphatic rings. The van der Waals surface area contributed by atoms with Crippen molar-refractivity contribution >= 4 is 6.29 Å². The van der Waals surface area contributed by atoms with Crippen LogP contribution in [0.4, 0.5) is 0 Å². The van der Waals surface area contributed by atoms with Crippen LogP contribution >= 0.6 is 0 Å². The monoisotopic (exact) mass is 300 g/mol. The fourth-order valence-corrected chi connectivity index (χ4v) is 2.52. The van der Waals surface area contributed by atoms with Crippen molar-refractivity contribution < 1.29 is 14.3 Å². The summed E-state index contributed by atoms with van der Waals surface area (Å²) in [4.78, 5) is 10.2. The van der Waals surface area contributed by atoms with Crippen molar-refractivity contribution in [3.8, 4) is 0 Å². The Hall–Kier alpha value is -0.410. The van der Waals surface area contributed by atoms with Gasteiger partial charge in [0.25, 0.3) is 0 Å². The number of hydrogen-bond donors (Lipinski definition) is 0. The van der Waals surface area contributed by atoms with Crippen molar-refractivity contribution in [2.24, 2.45) is 0 Å². The zero-order valence-corrected chi connectivity index (χ0v) is 14.1. The summed E-state index contributed by atoms with van der Waals surface area (Å²) < 4.78 is 10.1. The molecule has 0 spiro atoms. The normalized spacial score (nSPS) is 10.9. The molecular weight excluding hydrogens is 264 g/mol. The van der Waals surface area contributed by atoms with E-state index in [2.05, 4.69) is 0 Å². The molecule has 0 N–H and O–H groups in total. The predicted molar refractivity (Wildman–Crippen MR) is 88.5 cm³/mol. The number of rotatable bonds is 18. The van der Waals surface area contributed by atoms with E-state index in [4.69, 9.17) is 9.47 Å². The number of carbonyl (C=O) groups excluding carboxylic acids is 1. The molecule has 0 atom stereocenters. The summed E-state index contributed by atoms with van der Waals surface area (Å²) in [6.07, 6.45) is 18.8. The van der Waals surface area contributed by atoms with Gasteiger partial charge in [-0.25, -0.2) is 0 Å². The highest BCUT2D eigenvalue weighted by Crippen LogP contribution is 2.12. The molecule has 3 nitrogen and oxygen atoms in total. The number of aldehydes is 1. The second-order valence-electron chi connectivity index (χ2n) is 5.87. The van der Waals surface area contributed by atoms with Crippen LogP contribution in [-0.2, 0) is 14.3 Å². The van der Waals surface area contributed by atoms with Crippen molar-refractivity contribution in [2.75, 3.05) is 20.5 Å². The van der Waals surface area contributed by atoms with Crippen LogP contribution in [0.5, 0.6) is 0 Å². The van der Waals surface area contributed by atoms with Gasteiger partial charge in [0.05, 0.1) is 0 Å². The van der Waals surface area contributed by atoms with Crippen LogP contribution in [0.1, 0.15) is 89.9 Å². The number of carbonyl (C=O) groups is 1. The molecule has 0 fully saturated rings. The standard InChI is InChI=1S/C18H36O3/c1-20-18-21-17-15-13-11-9-7-5-3-2-4-6-8-10-12-14-16-19/h16H,2-15,17-18H2,1H3. The molecule has 0 aromatic carbocycles. The molecule has 0 radical (unpaired) electrons. The van der Waals surface area contributed by atoms with Gasteiger partial charge in [0, 0.05) is 20.1 Å². The van der Waals surface area contributed by atoms with Crippen LogP contribution < -0.4 is 0 Å². The highest BCUT2D eigenvalue weighted by molar-refractivity contribution is 5.48. The van der Waals surface area contributed by atoms with Crippen molar-refractivity contribution in [3.63, 3.8) is 0 Å². The van der Waals surface area contributed by atoms with Crippen LogP contribution in [0.2, 0.25) is 0 Å². The maximum Gasteiger partial charge on any atom is 0.146 e. The molecule has 0 aliphatic heterocycles. The van der Waals surface area contributed by atoms with Crippen molar-refractivity contribution in [1.82, 2.24) is 0 Å². The molecule has 0 amide bonds. The average Bonchev–Trinajstić information content (AvgIpc) is 2.50. The lowest BCUT2D eigenvalue weighted by atomic mass is 10.0. The maximum absolute atomic E-state index is 10.2. The largest absolute Gasteiger partial charge is 0.359 e. The van der Waals surface area contributed by atoms with Gasteiger partial charge in [-0.1, -0.05) is 70.6 Å². The molecule has 21 heavy (non-hydrogen) atoms. The van der Waals surface area contributed by atoms with E-state index in [1.165, 1.54) is 70.6 Å². The van der Waals surface area contributed by atoms with E-state index in [0.29, 0.717) is 6.79 Å². The second-order valence-corrected chi connectivity index (χ2v) is 5.87. The van der Waals surface area contributed by atoms with Crippen LogP contribution in [0.25, 0.3) is 0 Å². The number of unbranched alkanes of at least 4 members (excludes halogenated alkanes) is 13. The number of ether oxygens (including phenoxy) is 2. The minimum absolute atomic E-state index is 0.428. The van der Waals surface area contributed by atoms with Gasteiger partial charge in [-0.05, 0) is 12.8 Å². The van der Waals surface area contributed by atoms with E-state index < -0.39 is 0 Å². The van der Waals surface area contributed by atoms with E-state index in [9.17, 15) is 4.79 Å². The number of methoxy groups -OCH3 is 1. The third-order valence-corrected chi connectivity index (χ3v) is 3.81. The molecule has 0 aromatic heterocycles. The molecule has 3 heteroatoms. The summed E-state index contributed by atoms with van der Waals surface area (Å²) in [5.41, 5.74) is 0. The van der Waals surface area contributed by atoms with Crippen LogP contribution in [0.15, 0.2) is 0 Å². The van der Waals surface area contributed by atoms with Crippen molar-refractivity contribution in [1.29, 1.82) is 0 Å². The average molecular weight is 300 g/mol. The van der Waals surface area contributed by atoms with Crippen molar-refractivity contribution in [2.45, 2.75) is 89.9 Å². The van der Waals surface area contributed by atoms with Gasteiger partial charge in [-0.2, -0.15) is 0 Å². The fraction of sp³-hybridized carbons (Fsp3) is 0.944. The lowest BCUT2D eigenvalue weighted by molar-refractivity contribution is -0.107. The van der Waals surface area contributed by atoms with Crippen LogP contribution in [0.3, 0.4) is 0 Å². The summed E-state index contributed by atoms with van der Waals surface area (Å²) in [5.74, 6) is 0. The molecule has 126 valence electrons. The Morgan fingerprint density at radius 3 is 1.52 bits per heavy atom. The van der Waals surface area contributed by atoms with Gasteiger partial charge < -0.3 is 14.3 Å². The summed E-state index contributed by atoms with van der Waals surface area (Å²) in [6.45, 7) is 1.26. The summed E-state index contributed by atoms with van der Waals surface area (Å²) in [7, 11) is 1.66. The third-order valence-electron chi connectivity index (χ3n) is 3.81. The lowest BCUT2D eigenvalue weighted by Crippen LogP contribution is -1.98. The van der Waals surface area contributed by atoms with Gasteiger partial charge in [0.2, 0.25) is 0 Å². The van der Waals surface area contributed by atoms with Gasteiger partial charge in [-0.15, -0.1) is 0 Å². The maximum atomic E-state index is 10.2. The smallest absolute Gasteiger partial charge is 0.146 e. The zero-order valence-electron chi connectivity index (χ0n) is 14.1. The van der Waals surface area contributed by atoms with E-state index in [0.717, 1.165) is 32.2 Å². The van der Waals surface area contributed by atoms with Crippen LogP contribution in [0, 0.1) is 0 Å². The molecule has 0 bridgehead atoms. The molecule has 0 rings (SSSR count). The van der Waals surface area contributed by atoms with E-state index in [1.807, 2.05) is 0 Å². The minimum atomic E-state index is 0.428. The van der Waals surface area contributed by atoms with E-state index in [-0.39, 0.29) is 0 Å². The van der Waals surface area contributed by atoms with E-state index in [1.54, 1.807) is 7.11 Å². The Morgan fingerprint density at radius 1 is 0.667 bits per heavy atom. The third kappa shape index (κ3) is 19.6. The molecule has 0 saturated carbocycles. The Morgan fingerprint density at radius 2 is 1.10 bits per heavy atom. The Labute approximate surface area is 131 Å². The first-order valence-electron chi connectivity index (χ1n) is 8.92. The molecule has 0 aliphatic carbocycles. The molecule has 0 unspecified atom stereocenters. The first kappa shape index (κ1) is 20.6. The van der Waals surface area contributed by atoms with Gasteiger partial charge in [-0.3, -0.25) is 0 Å². The Kier molecular flexibility index (Phi) is 19.2. The Balaban J connectivity index is 2.91. The first-order chi connectivity index (χ1) is 10.4. The number of hydrogen-bond acceptors (Lipinski definition) is 3. The molecular formula is C18H36O3. The first-order valence-corrected chi connectivity index (χ1v) is 8.92. The molecule has 0 saturated heterocycles. The highest BCUT2D eigenvalue weighted by Gasteiger charge is 1.94. The zero-order chi connectivity index (χ0) is 15.4. The topological polar surface area (TPSA) is 35.5 Å². The lowest BCUT2D eigenvalue weighted by Gasteiger charge is -2.04. The van der Waals surface area contributed by atoms with Gasteiger partial charge in [0.1, 0.15) is 13.1 Å². The molecule has 0 aromatic rings. The summed E-state index contributed by atoms with van der Waals surface area (Å²) >= 11 is 0. The van der Waals surface area contributed by atoms with Crippen molar-refractivity contribution in [3.05, 3.63) is 0 Å². The van der Waals surface area contributed by atoms with Gasteiger partial charge in [0.15, 0.2) is 0 Å². The predicted octanol–water partition coefficient (Wildman–Crippen LogP) is 5.27. The van der Waals surface area contributed by atoms with Crippen LogP contribution in [-0.4, -0.2) is 26.8 Å². The fourth-order valence-electron chi connectivity index (χ4n) is 2.52. The summed E-state index contributed by atoms with van der Waals surface area (Å²) in [5, 5.41) is 0. The minimum Gasteiger partial charge on any atom is -0.359 e. The summed E-state index contributed by atoms with van der Waals surface area (Å²) in [6, 6.07) is 0. The Bertz CT molecular complexity index is 195. The highest BCUT2D eigenvalue weighted by atomic mass is 16.7. The molecule has 0 heterocycles. The van der Waals surface area contributed by atoms with E-state index >= 15 is 0 Å².